The molecule has 0 aliphatic rings. The van der Waals surface area contributed by atoms with Crippen LogP contribution in [-0.2, 0) is 19.3 Å². The molecule has 0 atom stereocenters. The van der Waals surface area contributed by atoms with E-state index in [1.165, 1.54) is 44.1 Å². The molecule has 0 saturated heterocycles. The standard InChI is InChI=1S/C17H26/c1-4-7-8-11-16-13-12-15(9-5-2)14-17(16)10-6-3/h4,12-14H,1,5-11H2,2-3H3. The van der Waals surface area contributed by atoms with Crippen molar-refractivity contribution in [3.05, 3.63) is 47.5 Å². The summed E-state index contributed by atoms with van der Waals surface area (Å²) in [6.07, 6.45) is 10.5. The third kappa shape index (κ3) is 4.77. The first-order valence-electron chi connectivity index (χ1n) is 7.03. The molecule has 0 heterocycles. The summed E-state index contributed by atoms with van der Waals surface area (Å²) >= 11 is 0. The van der Waals surface area contributed by atoms with E-state index < -0.39 is 0 Å². The van der Waals surface area contributed by atoms with Gasteiger partial charge in [-0.15, -0.1) is 6.58 Å². The molecule has 17 heavy (non-hydrogen) atoms. The van der Waals surface area contributed by atoms with Gasteiger partial charge in [0.05, 0.1) is 0 Å². The third-order valence-electron chi connectivity index (χ3n) is 3.18. The van der Waals surface area contributed by atoms with E-state index in [2.05, 4.69) is 38.6 Å². The summed E-state index contributed by atoms with van der Waals surface area (Å²) in [6, 6.07) is 7.08. The normalized spacial score (nSPS) is 10.5. The first-order chi connectivity index (χ1) is 8.31. The number of benzene rings is 1. The summed E-state index contributed by atoms with van der Waals surface area (Å²) in [6.45, 7) is 8.30. The first kappa shape index (κ1) is 14.0. The zero-order valence-electron chi connectivity index (χ0n) is 11.5. The smallest absolute Gasteiger partial charge is 0.0273 e. The quantitative estimate of drug-likeness (QED) is 0.430. The van der Waals surface area contributed by atoms with E-state index in [9.17, 15) is 0 Å². The first-order valence-corrected chi connectivity index (χ1v) is 7.03. The predicted molar refractivity (Wildman–Crippen MR) is 77.6 cm³/mol. The minimum atomic E-state index is 1.13. The van der Waals surface area contributed by atoms with Crippen LogP contribution in [0.2, 0.25) is 0 Å². The lowest BCUT2D eigenvalue weighted by Crippen LogP contribution is -1.97. The number of rotatable bonds is 8. The highest BCUT2D eigenvalue weighted by molar-refractivity contribution is 5.32. The second-order valence-electron chi connectivity index (χ2n) is 4.78. The molecule has 0 N–H and O–H groups in total. The zero-order valence-corrected chi connectivity index (χ0v) is 11.5. The molecule has 0 aliphatic heterocycles. The Kier molecular flexibility index (Phi) is 6.69. The Morgan fingerprint density at radius 2 is 1.76 bits per heavy atom. The van der Waals surface area contributed by atoms with E-state index in [4.69, 9.17) is 0 Å². The highest BCUT2D eigenvalue weighted by atomic mass is 14.1. The molecule has 0 fully saturated rings. The Hall–Kier alpha value is -1.04. The lowest BCUT2D eigenvalue weighted by molar-refractivity contribution is 0.813. The third-order valence-corrected chi connectivity index (χ3v) is 3.18. The van der Waals surface area contributed by atoms with Gasteiger partial charge in [-0.05, 0) is 48.8 Å². The molecule has 1 rings (SSSR count). The van der Waals surface area contributed by atoms with Crippen LogP contribution in [-0.4, -0.2) is 0 Å². The molecule has 0 amide bonds. The molecule has 0 bridgehead atoms. The highest BCUT2D eigenvalue weighted by Gasteiger charge is 2.03. The fraction of sp³-hybridized carbons (Fsp3) is 0.529. The molecule has 94 valence electrons. The highest BCUT2D eigenvalue weighted by Crippen LogP contribution is 2.17. The average Bonchev–Trinajstić information content (AvgIpc) is 2.33. The minimum Gasteiger partial charge on any atom is -0.103 e. The lowest BCUT2D eigenvalue weighted by Gasteiger charge is -2.11. The zero-order chi connectivity index (χ0) is 12.5. The molecule has 0 aromatic heterocycles. The van der Waals surface area contributed by atoms with E-state index in [1.807, 2.05) is 6.08 Å². The summed E-state index contributed by atoms with van der Waals surface area (Å²) in [5.74, 6) is 0. The second-order valence-corrected chi connectivity index (χ2v) is 4.78. The van der Waals surface area contributed by atoms with E-state index in [0.29, 0.717) is 0 Å². The van der Waals surface area contributed by atoms with Crippen LogP contribution in [0, 0.1) is 0 Å². The summed E-state index contributed by atoms with van der Waals surface area (Å²) in [7, 11) is 0. The van der Waals surface area contributed by atoms with Gasteiger partial charge in [-0.25, -0.2) is 0 Å². The van der Waals surface area contributed by atoms with Crippen molar-refractivity contribution in [3.63, 3.8) is 0 Å². The number of hydrogen-bond donors (Lipinski definition) is 0. The summed E-state index contributed by atoms with van der Waals surface area (Å²) in [5.41, 5.74) is 4.62. The molecule has 0 saturated carbocycles. The van der Waals surface area contributed by atoms with Crippen molar-refractivity contribution >= 4 is 0 Å². The van der Waals surface area contributed by atoms with Crippen LogP contribution < -0.4 is 0 Å². The molecular formula is C17H26. The topological polar surface area (TPSA) is 0 Å². The van der Waals surface area contributed by atoms with Gasteiger partial charge in [-0.2, -0.15) is 0 Å². The fourth-order valence-corrected chi connectivity index (χ4v) is 2.31. The Morgan fingerprint density at radius 1 is 1.00 bits per heavy atom. The largest absolute Gasteiger partial charge is 0.103 e. The van der Waals surface area contributed by atoms with Gasteiger partial charge in [0.1, 0.15) is 0 Å². The van der Waals surface area contributed by atoms with Crippen LogP contribution in [0.4, 0.5) is 0 Å². The summed E-state index contributed by atoms with van der Waals surface area (Å²) in [5, 5.41) is 0. The average molecular weight is 230 g/mol. The van der Waals surface area contributed by atoms with Gasteiger partial charge in [0.15, 0.2) is 0 Å². The van der Waals surface area contributed by atoms with E-state index in [1.54, 1.807) is 11.1 Å². The summed E-state index contributed by atoms with van der Waals surface area (Å²) in [4.78, 5) is 0. The maximum Gasteiger partial charge on any atom is -0.0273 e. The molecule has 0 heteroatoms. The molecule has 0 aliphatic carbocycles. The van der Waals surface area contributed by atoms with Gasteiger partial charge < -0.3 is 0 Å². The van der Waals surface area contributed by atoms with Crippen molar-refractivity contribution in [1.82, 2.24) is 0 Å². The molecule has 0 radical (unpaired) electrons. The van der Waals surface area contributed by atoms with E-state index >= 15 is 0 Å². The SMILES string of the molecule is C=CCCCc1ccc(CCC)cc1CCC. The van der Waals surface area contributed by atoms with Crippen LogP contribution in [0.5, 0.6) is 0 Å². The maximum atomic E-state index is 3.79. The minimum absolute atomic E-state index is 1.13. The molecule has 0 nitrogen and oxygen atoms in total. The van der Waals surface area contributed by atoms with Crippen molar-refractivity contribution in [3.8, 4) is 0 Å². The Labute approximate surface area is 107 Å². The van der Waals surface area contributed by atoms with Gasteiger partial charge in [0.25, 0.3) is 0 Å². The van der Waals surface area contributed by atoms with Crippen LogP contribution in [0.3, 0.4) is 0 Å². The van der Waals surface area contributed by atoms with Gasteiger partial charge in [-0.1, -0.05) is 51.0 Å². The van der Waals surface area contributed by atoms with Crippen molar-refractivity contribution in [2.45, 2.75) is 58.8 Å². The molecule has 0 unspecified atom stereocenters. The fourth-order valence-electron chi connectivity index (χ4n) is 2.31. The van der Waals surface area contributed by atoms with E-state index in [-0.39, 0.29) is 0 Å². The molecule has 0 spiro atoms. The molecular weight excluding hydrogens is 204 g/mol. The Balaban J connectivity index is 2.75. The second kappa shape index (κ2) is 8.11. The number of aryl methyl sites for hydroxylation is 3. The number of allylic oxidation sites excluding steroid dienone is 1. The maximum absolute atomic E-state index is 3.79. The monoisotopic (exact) mass is 230 g/mol. The Morgan fingerprint density at radius 3 is 2.41 bits per heavy atom. The number of unbranched alkanes of at least 4 members (excludes halogenated alkanes) is 1. The van der Waals surface area contributed by atoms with Crippen LogP contribution in [0.15, 0.2) is 30.9 Å². The summed E-state index contributed by atoms with van der Waals surface area (Å²) < 4.78 is 0. The van der Waals surface area contributed by atoms with Crippen molar-refractivity contribution in [2.75, 3.05) is 0 Å². The van der Waals surface area contributed by atoms with Crippen molar-refractivity contribution in [2.24, 2.45) is 0 Å². The van der Waals surface area contributed by atoms with E-state index in [0.717, 1.165) is 6.42 Å². The predicted octanol–water partition coefficient (Wildman–Crippen LogP) is 5.10. The molecule has 1 aromatic carbocycles. The van der Waals surface area contributed by atoms with Gasteiger partial charge in [0.2, 0.25) is 0 Å². The van der Waals surface area contributed by atoms with Gasteiger partial charge >= 0.3 is 0 Å². The lowest BCUT2D eigenvalue weighted by atomic mass is 9.95. The Bertz CT molecular complexity index is 336. The van der Waals surface area contributed by atoms with Gasteiger partial charge in [-0.3, -0.25) is 0 Å². The number of hydrogen-bond acceptors (Lipinski definition) is 0. The van der Waals surface area contributed by atoms with Crippen molar-refractivity contribution < 1.29 is 0 Å². The van der Waals surface area contributed by atoms with Crippen molar-refractivity contribution in [1.29, 1.82) is 0 Å². The van der Waals surface area contributed by atoms with Crippen LogP contribution in [0.1, 0.15) is 56.2 Å². The van der Waals surface area contributed by atoms with Gasteiger partial charge in [0, 0.05) is 0 Å². The van der Waals surface area contributed by atoms with Crippen LogP contribution in [0.25, 0.3) is 0 Å². The molecule has 1 aromatic rings. The van der Waals surface area contributed by atoms with Crippen LogP contribution >= 0.6 is 0 Å².